The fraction of sp³-hybridized carbons (Fsp3) is 0. The lowest BCUT2D eigenvalue weighted by molar-refractivity contribution is 0.103. The second-order valence-electron chi connectivity index (χ2n) is 5.09. The van der Waals surface area contributed by atoms with E-state index < -0.39 is 0 Å². The number of hydrogen-bond donors (Lipinski definition) is 1. The monoisotopic (exact) mass is 354 g/mol. The first-order chi connectivity index (χ1) is 11.7. The van der Waals surface area contributed by atoms with Crippen LogP contribution in [-0.4, -0.2) is 10.9 Å². The summed E-state index contributed by atoms with van der Waals surface area (Å²) in [6, 6.07) is 18.4. The molecule has 0 saturated carbocycles. The molecular formula is C18H11ClN2O2S. The number of fused-ring (bicyclic) bond motifs is 1. The predicted molar refractivity (Wildman–Crippen MR) is 96.7 cm³/mol. The highest BCUT2D eigenvalue weighted by molar-refractivity contribution is 7.18. The number of oxazole rings is 1. The number of thiophene rings is 1. The summed E-state index contributed by atoms with van der Waals surface area (Å²) in [5.41, 5.74) is 2.85. The molecule has 4 nitrogen and oxygen atoms in total. The maximum atomic E-state index is 12.4. The topological polar surface area (TPSA) is 55.1 Å². The molecule has 0 radical (unpaired) electrons. The molecule has 0 saturated heterocycles. The summed E-state index contributed by atoms with van der Waals surface area (Å²) in [5, 5.41) is 2.90. The van der Waals surface area contributed by atoms with Gasteiger partial charge in [0.15, 0.2) is 5.58 Å². The van der Waals surface area contributed by atoms with E-state index in [1.165, 1.54) is 11.3 Å². The number of carbonyl (C=O) groups is 1. The van der Waals surface area contributed by atoms with Crippen molar-refractivity contribution in [1.29, 1.82) is 0 Å². The lowest BCUT2D eigenvalue weighted by atomic mass is 10.1. The molecule has 0 fully saturated rings. The summed E-state index contributed by atoms with van der Waals surface area (Å²) in [4.78, 5) is 17.4. The zero-order valence-electron chi connectivity index (χ0n) is 12.3. The average molecular weight is 355 g/mol. The van der Waals surface area contributed by atoms with Gasteiger partial charge < -0.3 is 9.73 Å². The van der Waals surface area contributed by atoms with Crippen molar-refractivity contribution >= 4 is 45.6 Å². The molecule has 118 valence electrons. The molecule has 4 aromatic rings. The molecule has 0 aliphatic carbocycles. The second-order valence-corrected chi connectivity index (χ2v) is 6.81. The SMILES string of the molecule is O=C(Nc1ccccc1-c1nc2ccccc2o1)c1ccc(Cl)s1. The minimum atomic E-state index is -0.213. The summed E-state index contributed by atoms with van der Waals surface area (Å²) in [6.07, 6.45) is 0. The average Bonchev–Trinajstić information content (AvgIpc) is 3.21. The van der Waals surface area contributed by atoms with Crippen molar-refractivity contribution in [3.63, 3.8) is 0 Å². The molecule has 0 spiro atoms. The number of nitrogens with one attached hydrogen (secondary N) is 1. The highest BCUT2D eigenvalue weighted by Crippen LogP contribution is 2.31. The van der Waals surface area contributed by atoms with Gasteiger partial charge in [-0.25, -0.2) is 4.98 Å². The highest BCUT2D eigenvalue weighted by atomic mass is 35.5. The number of amides is 1. The molecule has 0 aliphatic rings. The smallest absolute Gasteiger partial charge is 0.265 e. The third-order valence-electron chi connectivity index (χ3n) is 3.50. The number of rotatable bonds is 3. The molecule has 0 aliphatic heterocycles. The fourth-order valence-electron chi connectivity index (χ4n) is 2.39. The summed E-state index contributed by atoms with van der Waals surface area (Å²) in [6.45, 7) is 0. The van der Waals surface area contributed by atoms with E-state index in [1.807, 2.05) is 48.5 Å². The fourth-order valence-corrected chi connectivity index (χ4v) is 3.32. The van der Waals surface area contributed by atoms with Crippen LogP contribution in [0.5, 0.6) is 0 Å². The zero-order chi connectivity index (χ0) is 16.5. The minimum Gasteiger partial charge on any atom is -0.436 e. The van der Waals surface area contributed by atoms with E-state index in [1.54, 1.807) is 12.1 Å². The lowest BCUT2D eigenvalue weighted by Gasteiger charge is -2.07. The molecule has 0 bridgehead atoms. The minimum absolute atomic E-state index is 0.213. The largest absolute Gasteiger partial charge is 0.436 e. The van der Waals surface area contributed by atoms with Gasteiger partial charge in [0.2, 0.25) is 5.89 Å². The van der Waals surface area contributed by atoms with E-state index in [4.69, 9.17) is 16.0 Å². The number of aromatic nitrogens is 1. The van der Waals surface area contributed by atoms with Crippen molar-refractivity contribution in [2.75, 3.05) is 5.32 Å². The van der Waals surface area contributed by atoms with Crippen LogP contribution >= 0.6 is 22.9 Å². The van der Waals surface area contributed by atoms with Gasteiger partial charge in [-0.2, -0.15) is 0 Å². The van der Waals surface area contributed by atoms with Crippen LogP contribution < -0.4 is 5.32 Å². The summed E-state index contributed by atoms with van der Waals surface area (Å²) < 4.78 is 6.38. The first kappa shape index (κ1) is 14.9. The van der Waals surface area contributed by atoms with Crippen LogP contribution in [0.4, 0.5) is 5.69 Å². The van der Waals surface area contributed by atoms with Crippen molar-refractivity contribution < 1.29 is 9.21 Å². The third kappa shape index (κ3) is 2.79. The van der Waals surface area contributed by atoms with E-state index in [9.17, 15) is 4.79 Å². The van der Waals surface area contributed by atoms with E-state index >= 15 is 0 Å². The van der Waals surface area contributed by atoms with Crippen LogP contribution in [0, 0.1) is 0 Å². The zero-order valence-corrected chi connectivity index (χ0v) is 13.9. The van der Waals surface area contributed by atoms with Crippen molar-refractivity contribution in [2.24, 2.45) is 0 Å². The lowest BCUT2D eigenvalue weighted by Crippen LogP contribution is -2.10. The summed E-state index contributed by atoms with van der Waals surface area (Å²) in [5.74, 6) is 0.256. The Balaban J connectivity index is 1.71. The Morgan fingerprint density at radius 2 is 1.83 bits per heavy atom. The van der Waals surface area contributed by atoms with Crippen molar-refractivity contribution in [3.8, 4) is 11.5 Å². The van der Waals surface area contributed by atoms with Crippen LogP contribution in [0.25, 0.3) is 22.6 Å². The van der Waals surface area contributed by atoms with Crippen LogP contribution in [0.3, 0.4) is 0 Å². The molecule has 2 heterocycles. The summed E-state index contributed by atoms with van der Waals surface area (Å²) >= 11 is 7.13. The third-order valence-corrected chi connectivity index (χ3v) is 4.73. The van der Waals surface area contributed by atoms with Gasteiger partial charge in [0.05, 0.1) is 20.5 Å². The van der Waals surface area contributed by atoms with E-state index in [2.05, 4.69) is 10.3 Å². The highest BCUT2D eigenvalue weighted by Gasteiger charge is 2.15. The first-order valence-corrected chi connectivity index (χ1v) is 8.42. The second kappa shape index (κ2) is 6.11. The standard InChI is InChI=1S/C18H11ClN2O2S/c19-16-10-9-15(24-16)17(22)20-12-6-2-1-5-11(12)18-21-13-7-3-4-8-14(13)23-18/h1-10H,(H,20,22). The molecule has 0 atom stereocenters. The maximum Gasteiger partial charge on any atom is 0.265 e. The van der Waals surface area contributed by atoms with Crippen molar-refractivity contribution in [3.05, 3.63) is 69.9 Å². The summed E-state index contributed by atoms with van der Waals surface area (Å²) in [7, 11) is 0. The number of anilines is 1. The van der Waals surface area contributed by atoms with Crippen LogP contribution in [0.2, 0.25) is 4.34 Å². The molecule has 4 rings (SSSR count). The van der Waals surface area contributed by atoms with Gasteiger partial charge in [0.1, 0.15) is 5.52 Å². The number of para-hydroxylation sites is 3. The van der Waals surface area contributed by atoms with Gasteiger partial charge in [-0.05, 0) is 36.4 Å². The Morgan fingerprint density at radius 3 is 2.62 bits per heavy atom. The molecule has 1 N–H and O–H groups in total. The Morgan fingerprint density at radius 1 is 1.04 bits per heavy atom. The van der Waals surface area contributed by atoms with E-state index in [-0.39, 0.29) is 5.91 Å². The van der Waals surface area contributed by atoms with Gasteiger partial charge >= 0.3 is 0 Å². The van der Waals surface area contributed by atoms with Gasteiger partial charge in [0, 0.05) is 0 Å². The number of hydrogen-bond acceptors (Lipinski definition) is 4. The molecule has 6 heteroatoms. The molecule has 1 amide bonds. The van der Waals surface area contributed by atoms with Gasteiger partial charge in [-0.1, -0.05) is 35.9 Å². The molecule has 2 aromatic heterocycles. The Labute approximate surface area is 146 Å². The molecular weight excluding hydrogens is 344 g/mol. The van der Waals surface area contributed by atoms with Crippen molar-refractivity contribution in [2.45, 2.75) is 0 Å². The normalized spacial score (nSPS) is 10.9. The Bertz CT molecular complexity index is 1010. The molecule has 0 unspecified atom stereocenters. The molecule has 24 heavy (non-hydrogen) atoms. The van der Waals surface area contributed by atoms with Crippen LogP contribution in [0.15, 0.2) is 65.1 Å². The van der Waals surface area contributed by atoms with Crippen LogP contribution in [-0.2, 0) is 0 Å². The predicted octanol–water partition coefficient (Wildman–Crippen LogP) is 5.46. The first-order valence-electron chi connectivity index (χ1n) is 7.22. The Hall–Kier alpha value is -2.63. The van der Waals surface area contributed by atoms with E-state index in [0.29, 0.717) is 26.4 Å². The molecule has 2 aromatic carbocycles. The quantitative estimate of drug-likeness (QED) is 0.531. The van der Waals surface area contributed by atoms with Gasteiger partial charge in [-0.3, -0.25) is 4.79 Å². The number of benzene rings is 2. The van der Waals surface area contributed by atoms with E-state index in [0.717, 1.165) is 11.1 Å². The Kier molecular flexibility index (Phi) is 3.80. The maximum absolute atomic E-state index is 12.4. The number of halogens is 1. The number of carbonyl (C=O) groups excluding carboxylic acids is 1. The van der Waals surface area contributed by atoms with Gasteiger partial charge in [-0.15, -0.1) is 11.3 Å². The van der Waals surface area contributed by atoms with Gasteiger partial charge in [0.25, 0.3) is 5.91 Å². The number of nitrogens with zero attached hydrogens (tertiary/aromatic N) is 1. The van der Waals surface area contributed by atoms with Crippen LogP contribution in [0.1, 0.15) is 9.67 Å². The van der Waals surface area contributed by atoms with Crippen molar-refractivity contribution in [1.82, 2.24) is 4.98 Å².